The van der Waals surface area contributed by atoms with Gasteiger partial charge in [0, 0.05) is 71.3 Å². The van der Waals surface area contributed by atoms with Gasteiger partial charge in [-0.15, -0.1) is 24.0 Å². The molecule has 1 aromatic heterocycles. The summed E-state index contributed by atoms with van der Waals surface area (Å²) >= 11 is 0. The van der Waals surface area contributed by atoms with Crippen LogP contribution in [-0.4, -0.2) is 77.9 Å². The monoisotopic (exact) mass is 553 g/mol. The number of benzene rings is 1. The van der Waals surface area contributed by atoms with Crippen molar-refractivity contribution in [3.05, 3.63) is 54.4 Å². The molecule has 1 fully saturated rings. The van der Waals surface area contributed by atoms with Crippen LogP contribution >= 0.6 is 24.0 Å². The molecule has 178 valence electrons. The number of piperazine rings is 1. The molecule has 1 aliphatic heterocycles. The van der Waals surface area contributed by atoms with Crippen molar-refractivity contribution in [1.29, 1.82) is 0 Å². The van der Waals surface area contributed by atoms with Crippen molar-refractivity contribution < 1.29 is 0 Å². The Morgan fingerprint density at radius 3 is 2.44 bits per heavy atom. The highest BCUT2D eigenvalue weighted by molar-refractivity contribution is 14.0. The molecule has 2 aromatic rings. The van der Waals surface area contributed by atoms with Gasteiger partial charge in [-0.1, -0.05) is 30.3 Å². The normalized spacial score (nSPS) is 15.3. The molecule has 32 heavy (non-hydrogen) atoms. The minimum absolute atomic E-state index is 0. The van der Waals surface area contributed by atoms with Crippen molar-refractivity contribution >= 4 is 29.9 Å². The third kappa shape index (κ3) is 10.3. The number of hydrogen-bond donors (Lipinski definition) is 2. The molecule has 1 saturated heterocycles. The number of nitrogens with zero attached hydrogens (tertiary/aromatic N) is 5. The van der Waals surface area contributed by atoms with Crippen LogP contribution in [0.15, 0.2) is 53.8 Å². The van der Waals surface area contributed by atoms with Gasteiger partial charge in [0.25, 0.3) is 0 Å². The molecule has 3 rings (SSSR count). The van der Waals surface area contributed by atoms with Crippen LogP contribution in [0.3, 0.4) is 0 Å². The topological polar surface area (TPSA) is 60.7 Å². The van der Waals surface area contributed by atoms with Gasteiger partial charge in [0.15, 0.2) is 5.96 Å². The molecule has 0 bridgehead atoms. The minimum atomic E-state index is 0. The molecular formula is C24H40IN7. The fourth-order valence-electron chi connectivity index (χ4n) is 3.88. The van der Waals surface area contributed by atoms with Crippen LogP contribution in [-0.2, 0) is 13.1 Å². The van der Waals surface area contributed by atoms with E-state index in [-0.39, 0.29) is 24.0 Å². The van der Waals surface area contributed by atoms with Crippen LogP contribution in [0.2, 0.25) is 0 Å². The summed E-state index contributed by atoms with van der Waals surface area (Å²) in [6, 6.07) is 12.8. The molecule has 0 radical (unpaired) electrons. The van der Waals surface area contributed by atoms with Crippen molar-refractivity contribution in [3.8, 4) is 0 Å². The standard InChI is InChI=1S/C24H39N7.HI/c1-2-25-24(27-13-8-16-31-17-9-14-28-31)26-12-6-7-15-29-18-20-30(21-19-29)22-23-10-4-3-5-11-23;/h3-5,9-11,14,17H,2,6-8,12-13,15-16,18-22H2,1H3,(H2,25,26,27);1H. The Kier molecular flexibility index (Phi) is 13.3. The van der Waals surface area contributed by atoms with Crippen LogP contribution < -0.4 is 10.6 Å². The summed E-state index contributed by atoms with van der Waals surface area (Å²) in [5.41, 5.74) is 1.42. The largest absolute Gasteiger partial charge is 0.357 e. The van der Waals surface area contributed by atoms with E-state index in [1.807, 2.05) is 23.1 Å². The first-order valence-electron chi connectivity index (χ1n) is 11.8. The Hall–Kier alpha value is -1.65. The van der Waals surface area contributed by atoms with Gasteiger partial charge in [0.05, 0.1) is 0 Å². The predicted octanol–water partition coefficient (Wildman–Crippen LogP) is 3.04. The average molecular weight is 554 g/mol. The Labute approximate surface area is 210 Å². The first kappa shape index (κ1) is 26.6. The highest BCUT2D eigenvalue weighted by Gasteiger charge is 2.16. The lowest BCUT2D eigenvalue weighted by Crippen LogP contribution is -2.46. The smallest absolute Gasteiger partial charge is 0.191 e. The molecule has 0 spiro atoms. The van der Waals surface area contributed by atoms with Gasteiger partial charge >= 0.3 is 0 Å². The molecule has 2 heterocycles. The lowest BCUT2D eigenvalue weighted by atomic mass is 10.2. The third-order valence-corrected chi connectivity index (χ3v) is 5.63. The second kappa shape index (κ2) is 16.0. The first-order valence-corrected chi connectivity index (χ1v) is 11.8. The summed E-state index contributed by atoms with van der Waals surface area (Å²) in [7, 11) is 0. The van der Waals surface area contributed by atoms with Crippen LogP contribution in [0, 0.1) is 0 Å². The minimum Gasteiger partial charge on any atom is -0.357 e. The molecule has 1 aliphatic rings. The fraction of sp³-hybridized carbons (Fsp3) is 0.583. The fourth-order valence-corrected chi connectivity index (χ4v) is 3.88. The quantitative estimate of drug-likeness (QED) is 0.183. The van der Waals surface area contributed by atoms with Crippen molar-refractivity contribution in [1.82, 2.24) is 30.2 Å². The molecule has 0 aliphatic carbocycles. The average Bonchev–Trinajstić information content (AvgIpc) is 3.32. The number of aryl methyl sites for hydroxylation is 1. The summed E-state index contributed by atoms with van der Waals surface area (Å²) < 4.78 is 1.96. The van der Waals surface area contributed by atoms with Crippen molar-refractivity contribution in [2.75, 3.05) is 52.4 Å². The molecule has 2 N–H and O–H groups in total. The van der Waals surface area contributed by atoms with Gasteiger partial charge in [-0.3, -0.25) is 14.6 Å². The molecule has 0 amide bonds. The van der Waals surface area contributed by atoms with Crippen molar-refractivity contribution in [2.24, 2.45) is 4.99 Å². The van der Waals surface area contributed by atoms with Gasteiger partial charge in [0.2, 0.25) is 0 Å². The number of aliphatic imine (C=N–C) groups is 1. The second-order valence-corrected chi connectivity index (χ2v) is 8.12. The van der Waals surface area contributed by atoms with E-state index in [2.05, 4.69) is 67.8 Å². The molecule has 0 unspecified atom stereocenters. The number of halogens is 1. The van der Waals surface area contributed by atoms with Crippen LogP contribution in [0.5, 0.6) is 0 Å². The number of aromatic nitrogens is 2. The Balaban J connectivity index is 0.00000363. The number of nitrogens with one attached hydrogen (secondary N) is 2. The first-order chi connectivity index (χ1) is 15.3. The van der Waals surface area contributed by atoms with E-state index in [1.54, 1.807) is 0 Å². The van der Waals surface area contributed by atoms with Crippen LogP contribution in [0.25, 0.3) is 0 Å². The van der Waals surface area contributed by atoms with Gasteiger partial charge in [-0.05, 0) is 44.4 Å². The zero-order chi connectivity index (χ0) is 21.6. The highest BCUT2D eigenvalue weighted by Crippen LogP contribution is 2.09. The summed E-state index contributed by atoms with van der Waals surface area (Å²) in [6.07, 6.45) is 7.21. The van der Waals surface area contributed by atoms with Crippen LogP contribution in [0.4, 0.5) is 0 Å². The lowest BCUT2D eigenvalue weighted by molar-refractivity contribution is 0.126. The summed E-state index contributed by atoms with van der Waals surface area (Å²) in [6.45, 7) is 12.7. The maximum Gasteiger partial charge on any atom is 0.191 e. The SMILES string of the molecule is CCNC(=NCCCn1cccn1)NCCCCN1CCN(Cc2ccccc2)CC1.I. The van der Waals surface area contributed by atoms with E-state index in [1.165, 1.54) is 51.1 Å². The summed E-state index contributed by atoms with van der Waals surface area (Å²) in [5.74, 6) is 0.928. The van der Waals surface area contributed by atoms with Gasteiger partial charge in [0.1, 0.15) is 0 Å². The van der Waals surface area contributed by atoms with E-state index >= 15 is 0 Å². The Bertz CT molecular complexity index is 728. The Morgan fingerprint density at radius 1 is 0.938 bits per heavy atom. The van der Waals surface area contributed by atoms with Gasteiger partial charge in [-0.2, -0.15) is 5.10 Å². The van der Waals surface area contributed by atoms with E-state index in [0.29, 0.717) is 0 Å². The van der Waals surface area contributed by atoms with Crippen molar-refractivity contribution in [3.63, 3.8) is 0 Å². The number of guanidine groups is 1. The van der Waals surface area contributed by atoms with Crippen molar-refractivity contribution in [2.45, 2.75) is 39.3 Å². The zero-order valence-corrected chi connectivity index (χ0v) is 21.8. The predicted molar refractivity (Wildman–Crippen MR) is 144 cm³/mol. The Morgan fingerprint density at radius 2 is 1.72 bits per heavy atom. The molecular weight excluding hydrogens is 513 g/mol. The lowest BCUT2D eigenvalue weighted by Gasteiger charge is -2.34. The third-order valence-electron chi connectivity index (χ3n) is 5.63. The zero-order valence-electron chi connectivity index (χ0n) is 19.5. The number of rotatable bonds is 12. The molecule has 0 atom stereocenters. The molecule has 0 saturated carbocycles. The van der Waals surface area contributed by atoms with E-state index < -0.39 is 0 Å². The van der Waals surface area contributed by atoms with Gasteiger partial charge < -0.3 is 15.5 Å². The van der Waals surface area contributed by atoms with E-state index in [4.69, 9.17) is 0 Å². The molecule has 1 aromatic carbocycles. The number of hydrogen-bond acceptors (Lipinski definition) is 4. The van der Waals surface area contributed by atoms with E-state index in [9.17, 15) is 0 Å². The van der Waals surface area contributed by atoms with Gasteiger partial charge in [-0.25, -0.2) is 0 Å². The molecule has 7 nitrogen and oxygen atoms in total. The van der Waals surface area contributed by atoms with Crippen LogP contribution in [0.1, 0.15) is 31.7 Å². The number of unbranched alkanes of at least 4 members (excludes halogenated alkanes) is 1. The maximum atomic E-state index is 4.68. The maximum absolute atomic E-state index is 4.68. The molecule has 8 heteroatoms. The second-order valence-electron chi connectivity index (χ2n) is 8.12. The summed E-state index contributed by atoms with van der Waals surface area (Å²) in [5, 5.41) is 11.0. The summed E-state index contributed by atoms with van der Waals surface area (Å²) in [4.78, 5) is 9.86. The van der Waals surface area contributed by atoms with E-state index in [0.717, 1.165) is 45.1 Å². The highest BCUT2D eigenvalue weighted by atomic mass is 127.